The van der Waals surface area contributed by atoms with Gasteiger partial charge in [-0.25, -0.2) is 4.98 Å². The smallest absolute Gasteiger partial charge is 0.228 e. The maximum Gasteiger partial charge on any atom is 0.228 e. The van der Waals surface area contributed by atoms with Crippen molar-refractivity contribution in [1.82, 2.24) is 4.98 Å². The van der Waals surface area contributed by atoms with Crippen LogP contribution in [-0.4, -0.2) is 10.9 Å². The fourth-order valence-corrected chi connectivity index (χ4v) is 2.02. The maximum absolute atomic E-state index is 12.0. The molecule has 1 N–H and O–H groups in total. The molecule has 3 nitrogen and oxygen atoms in total. The highest BCUT2D eigenvalue weighted by molar-refractivity contribution is 9.10. The molecule has 4 heteroatoms. The topological polar surface area (TPSA) is 42.0 Å². The van der Waals surface area contributed by atoms with Gasteiger partial charge in [-0.1, -0.05) is 32.8 Å². The minimum atomic E-state index is 0.0755. The molecule has 17 heavy (non-hydrogen) atoms. The molecule has 0 aliphatic carbocycles. The zero-order valence-electron chi connectivity index (χ0n) is 10.4. The number of aromatic nitrogens is 1. The Hall–Kier alpha value is -0.900. The Morgan fingerprint density at radius 1 is 1.47 bits per heavy atom. The lowest BCUT2D eigenvalue weighted by Gasteiger charge is -2.14. The van der Waals surface area contributed by atoms with Crippen molar-refractivity contribution >= 4 is 27.7 Å². The summed E-state index contributed by atoms with van der Waals surface area (Å²) in [6, 6.07) is 5.50. The van der Waals surface area contributed by atoms with Crippen molar-refractivity contribution in [3.05, 3.63) is 22.8 Å². The highest BCUT2D eigenvalue weighted by Gasteiger charge is 2.16. The first kappa shape index (κ1) is 14.2. The van der Waals surface area contributed by atoms with E-state index in [1.54, 1.807) is 6.07 Å². The number of rotatable bonds is 6. The summed E-state index contributed by atoms with van der Waals surface area (Å²) in [6.07, 6.45) is 4.05. The standard InChI is InChI=1S/C13H19BrN2O/c1-3-5-7-10(4-2)13(17)16-12-9-6-8-11(14)15-12/h6,8-10H,3-5,7H2,1-2H3,(H,15,16,17). The number of anilines is 1. The van der Waals surface area contributed by atoms with E-state index < -0.39 is 0 Å². The van der Waals surface area contributed by atoms with Crippen molar-refractivity contribution in [2.75, 3.05) is 5.32 Å². The summed E-state index contributed by atoms with van der Waals surface area (Å²) in [7, 11) is 0. The molecule has 0 aliphatic rings. The molecule has 0 aliphatic heterocycles. The Kier molecular flexibility index (Phi) is 6.19. The SMILES string of the molecule is CCCCC(CC)C(=O)Nc1cccc(Br)n1. The van der Waals surface area contributed by atoms with Gasteiger partial charge in [0.1, 0.15) is 10.4 Å². The molecule has 1 atom stereocenters. The molecule has 1 aromatic rings. The van der Waals surface area contributed by atoms with Gasteiger partial charge in [-0.2, -0.15) is 0 Å². The maximum atomic E-state index is 12.0. The van der Waals surface area contributed by atoms with E-state index in [-0.39, 0.29) is 11.8 Å². The van der Waals surface area contributed by atoms with Crippen LogP contribution in [0, 0.1) is 5.92 Å². The number of carbonyl (C=O) groups is 1. The van der Waals surface area contributed by atoms with Crippen LogP contribution in [0.1, 0.15) is 39.5 Å². The van der Waals surface area contributed by atoms with Gasteiger partial charge in [-0.05, 0) is 40.9 Å². The minimum absolute atomic E-state index is 0.0755. The van der Waals surface area contributed by atoms with Gasteiger partial charge in [0.2, 0.25) is 5.91 Å². The minimum Gasteiger partial charge on any atom is -0.310 e. The quantitative estimate of drug-likeness (QED) is 0.807. The normalized spacial score (nSPS) is 12.2. The van der Waals surface area contributed by atoms with Gasteiger partial charge >= 0.3 is 0 Å². The fourth-order valence-electron chi connectivity index (χ4n) is 1.68. The van der Waals surface area contributed by atoms with Crippen molar-refractivity contribution in [3.63, 3.8) is 0 Å². The van der Waals surface area contributed by atoms with E-state index in [0.717, 1.165) is 30.3 Å². The van der Waals surface area contributed by atoms with Gasteiger partial charge in [0.15, 0.2) is 0 Å². The zero-order chi connectivity index (χ0) is 12.7. The van der Waals surface area contributed by atoms with Crippen molar-refractivity contribution in [2.45, 2.75) is 39.5 Å². The van der Waals surface area contributed by atoms with Crippen LogP contribution in [0.4, 0.5) is 5.82 Å². The van der Waals surface area contributed by atoms with E-state index in [4.69, 9.17) is 0 Å². The average molecular weight is 299 g/mol. The lowest BCUT2D eigenvalue weighted by atomic mass is 9.98. The van der Waals surface area contributed by atoms with E-state index in [0.29, 0.717) is 5.82 Å². The molecule has 1 rings (SSSR count). The molecule has 1 amide bonds. The molecule has 0 radical (unpaired) electrons. The second-order valence-electron chi connectivity index (χ2n) is 4.08. The summed E-state index contributed by atoms with van der Waals surface area (Å²) in [5.74, 6) is 0.779. The van der Waals surface area contributed by atoms with Crippen LogP contribution in [0.2, 0.25) is 0 Å². The monoisotopic (exact) mass is 298 g/mol. The molecule has 1 heterocycles. The van der Waals surface area contributed by atoms with Gasteiger partial charge in [-0.3, -0.25) is 4.79 Å². The van der Waals surface area contributed by atoms with Crippen molar-refractivity contribution in [1.29, 1.82) is 0 Å². The van der Waals surface area contributed by atoms with E-state index in [9.17, 15) is 4.79 Å². The summed E-state index contributed by atoms with van der Waals surface area (Å²) in [5.41, 5.74) is 0. The van der Waals surface area contributed by atoms with Crippen molar-refractivity contribution in [2.24, 2.45) is 5.92 Å². The van der Waals surface area contributed by atoms with Crippen molar-refractivity contribution in [3.8, 4) is 0 Å². The molecular formula is C13H19BrN2O. The Bertz CT molecular complexity index is 368. The number of carbonyl (C=O) groups excluding carboxylic acids is 1. The lowest BCUT2D eigenvalue weighted by molar-refractivity contribution is -0.120. The van der Waals surface area contributed by atoms with Crippen LogP contribution >= 0.6 is 15.9 Å². The number of nitrogens with one attached hydrogen (secondary N) is 1. The first-order valence-corrected chi connectivity index (χ1v) is 6.90. The van der Waals surface area contributed by atoms with E-state index >= 15 is 0 Å². The first-order valence-electron chi connectivity index (χ1n) is 6.10. The number of amides is 1. The van der Waals surface area contributed by atoms with Gasteiger partial charge in [0, 0.05) is 5.92 Å². The highest BCUT2D eigenvalue weighted by Crippen LogP contribution is 2.16. The summed E-state index contributed by atoms with van der Waals surface area (Å²) in [6.45, 7) is 4.19. The van der Waals surface area contributed by atoms with Gasteiger partial charge in [-0.15, -0.1) is 0 Å². The molecule has 0 aromatic carbocycles. The summed E-state index contributed by atoms with van der Waals surface area (Å²) in [5, 5.41) is 2.86. The van der Waals surface area contributed by atoms with E-state index in [2.05, 4.69) is 33.2 Å². The molecule has 0 spiro atoms. The zero-order valence-corrected chi connectivity index (χ0v) is 12.0. The predicted octanol–water partition coefficient (Wildman–Crippen LogP) is 4.00. The molecule has 0 saturated carbocycles. The molecule has 0 saturated heterocycles. The Balaban J connectivity index is 2.57. The number of unbranched alkanes of at least 4 members (excludes halogenated alkanes) is 1. The Morgan fingerprint density at radius 2 is 2.24 bits per heavy atom. The number of pyridine rings is 1. The molecule has 0 bridgehead atoms. The second-order valence-corrected chi connectivity index (χ2v) is 4.89. The van der Waals surface area contributed by atoms with Crippen LogP contribution in [0.5, 0.6) is 0 Å². The number of halogens is 1. The average Bonchev–Trinajstić information content (AvgIpc) is 2.30. The lowest BCUT2D eigenvalue weighted by Crippen LogP contribution is -2.22. The number of hydrogen-bond donors (Lipinski definition) is 1. The largest absolute Gasteiger partial charge is 0.310 e. The second kappa shape index (κ2) is 7.43. The molecular weight excluding hydrogens is 280 g/mol. The molecule has 94 valence electrons. The van der Waals surface area contributed by atoms with Gasteiger partial charge in [0.05, 0.1) is 0 Å². The first-order chi connectivity index (χ1) is 8.17. The molecule has 1 aromatic heterocycles. The molecule has 0 fully saturated rings. The van der Waals surface area contributed by atoms with Crippen LogP contribution in [0.25, 0.3) is 0 Å². The summed E-state index contributed by atoms with van der Waals surface area (Å²) < 4.78 is 0.733. The third-order valence-corrected chi connectivity index (χ3v) is 3.18. The van der Waals surface area contributed by atoms with Crippen LogP contribution in [0.3, 0.4) is 0 Å². The van der Waals surface area contributed by atoms with E-state index in [1.165, 1.54) is 0 Å². The number of hydrogen-bond acceptors (Lipinski definition) is 2. The Labute approximate surface area is 111 Å². The fraction of sp³-hybridized carbons (Fsp3) is 0.538. The van der Waals surface area contributed by atoms with Crippen LogP contribution in [0.15, 0.2) is 22.8 Å². The summed E-state index contributed by atoms with van der Waals surface area (Å²) >= 11 is 3.29. The highest BCUT2D eigenvalue weighted by atomic mass is 79.9. The predicted molar refractivity (Wildman–Crippen MR) is 73.9 cm³/mol. The summed E-state index contributed by atoms with van der Waals surface area (Å²) in [4.78, 5) is 16.2. The third-order valence-electron chi connectivity index (χ3n) is 2.74. The molecule has 1 unspecified atom stereocenters. The van der Waals surface area contributed by atoms with Gasteiger partial charge in [0.25, 0.3) is 0 Å². The van der Waals surface area contributed by atoms with E-state index in [1.807, 2.05) is 19.1 Å². The van der Waals surface area contributed by atoms with Crippen molar-refractivity contribution < 1.29 is 4.79 Å². The van der Waals surface area contributed by atoms with Gasteiger partial charge < -0.3 is 5.32 Å². The Morgan fingerprint density at radius 3 is 2.82 bits per heavy atom. The number of nitrogens with zero attached hydrogens (tertiary/aromatic N) is 1. The van der Waals surface area contributed by atoms with Crippen LogP contribution < -0.4 is 5.32 Å². The van der Waals surface area contributed by atoms with Crippen LogP contribution in [-0.2, 0) is 4.79 Å². The third kappa shape index (κ3) is 4.86.